The second-order valence-corrected chi connectivity index (χ2v) is 7.50. The molecule has 2 aromatic carbocycles. The number of amides is 1. The molecule has 4 aromatic rings. The summed E-state index contributed by atoms with van der Waals surface area (Å²) in [6, 6.07) is 20.1. The molecule has 0 bridgehead atoms. The monoisotopic (exact) mass is 421 g/mol. The molecule has 1 amide bonds. The standard InChI is InChI=1S/C23H17Cl2N3O/c1-14(17-10-9-16(24)12-20(17)25)27-23(29)19-13-21(15-6-3-2-4-7-15)28-22-18(19)8-5-11-26-22/h2-14H,1H3,(H,27,29). The van der Waals surface area contributed by atoms with E-state index in [1.54, 1.807) is 30.5 Å². The van der Waals surface area contributed by atoms with Crippen molar-refractivity contribution in [2.45, 2.75) is 13.0 Å². The molecule has 0 aliphatic heterocycles. The Morgan fingerprint density at radius 2 is 1.79 bits per heavy atom. The molecule has 0 aliphatic carbocycles. The molecule has 0 spiro atoms. The minimum Gasteiger partial charge on any atom is -0.345 e. The number of rotatable bonds is 4. The minimum absolute atomic E-state index is 0.221. The van der Waals surface area contributed by atoms with E-state index in [1.165, 1.54) is 0 Å². The maximum Gasteiger partial charge on any atom is 0.252 e. The molecule has 0 fully saturated rings. The van der Waals surface area contributed by atoms with Crippen LogP contribution in [0.4, 0.5) is 0 Å². The molecule has 0 aliphatic rings. The normalized spacial score (nSPS) is 12.0. The van der Waals surface area contributed by atoms with Gasteiger partial charge in [0.25, 0.3) is 5.91 Å². The summed E-state index contributed by atoms with van der Waals surface area (Å²) in [7, 11) is 0. The predicted octanol–water partition coefficient (Wildman–Crippen LogP) is 6.09. The third-order valence-corrected chi connectivity index (χ3v) is 5.24. The number of nitrogens with one attached hydrogen (secondary N) is 1. The van der Waals surface area contributed by atoms with Gasteiger partial charge < -0.3 is 5.32 Å². The van der Waals surface area contributed by atoms with Crippen molar-refractivity contribution in [1.82, 2.24) is 15.3 Å². The molecule has 29 heavy (non-hydrogen) atoms. The van der Waals surface area contributed by atoms with Gasteiger partial charge in [-0.25, -0.2) is 9.97 Å². The van der Waals surface area contributed by atoms with Crippen molar-refractivity contribution < 1.29 is 4.79 Å². The van der Waals surface area contributed by atoms with Gasteiger partial charge in [-0.2, -0.15) is 0 Å². The zero-order valence-corrected chi connectivity index (χ0v) is 17.1. The van der Waals surface area contributed by atoms with Crippen molar-refractivity contribution >= 4 is 40.1 Å². The maximum absolute atomic E-state index is 13.2. The van der Waals surface area contributed by atoms with Gasteiger partial charge in [-0.3, -0.25) is 4.79 Å². The van der Waals surface area contributed by atoms with Crippen LogP contribution >= 0.6 is 23.2 Å². The van der Waals surface area contributed by atoms with Crippen LogP contribution in [0.15, 0.2) is 72.9 Å². The van der Waals surface area contributed by atoms with E-state index in [9.17, 15) is 4.79 Å². The lowest BCUT2D eigenvalue weighted by atomic mass is 10.0. The second kappa shape index (κ2) is 8.19. The molecule has 4 nitrogen and oxygen atoms in total. The van der Waals surface area contributed by atoms with Gasteiger partial charge in [0.05, 0.1) is 17.3 Å². The number of nitrogens with zero attached hydrogens (tertiary/aromatic N) is 2. The number of hydrogen-bond donors (Lipinski definition) is 1. The predicted molar refractivity (Wildman–Crippen MR) is 117 cm³/mol. The van der Waals surface area contributed by atoms with Crippen LogP contribution in [0.1, 0.15) is 28.9 Å². The Morgan fingerprint density at radius 1 is 1.00 bits per heavy atom. The summed E-state index contributed by atoms with van der Waals surface area (Å²) in [5, 5.41) is 4.78. The number of fused-ring (bicyclic) bond motifs is 1. The highest BCUT2D eigenvalue weighted by Gasteiger charge is 2.18. The van der Waals surface area contributed by atoms with Crippen molar-refractivity contribution in [3.05, 3.63) is 94.1 Å². The van der Waals surface area contributed by atoms with Crippen molar-refractivity contribution in [3.63, 3.8) is 0 Å². The Balaban J connectivity index is 1.73. The van der Waals surface area contributed by atoms with Gasteiger partial charge in [0, 0.05) is 27.2 Å². The molecular weight excluding hydrogens is 405 g/mol. The van der Waals surface area contributed by atoms with Crippen LogP contribution in [0.25, 0.3) is 22.3 Å². The first-order valence-corrected chi connectivity index (χ1v) is 9.85. The fraction of sp³-hybridized carbons (Fsp3) is 0.0870. The minimum atomic E-state index is -0.299. The molecule has 144 valence electrons. The second-order valence-electron chi connectivity index (χ2n) is 6.66. The average Bonchev–Trinajstić information content (AvgIpc) is 2.73. The van der Waals surface area contributed by atoms with Crippen molar-refractivity contribution in [2.24, 2.45) is 0 Å². The van der Waals surface area contributed by atoms with E-state index in [1.807, 2.05) is 49.4 Å². The molecular formula is C23H17Cl2N3O. The Bertz CT molecular complexity index is 1200. The summed E-state index contributed by atoms with van der Waals surface area (Å²) in [4.78, 5) is 22.1. The largest absolute Gasteiger partial charge is 0.345 e. The van der Waals surface area contributed by atoms with E-state index < -0.39 is 0 Å². The highest BCUT2D eigenvalue weighted by atomic mass is 35.5. The Hall–Kier alpha value is -2.95. The summed E-state index contributed by atoms with van der Waals surface area (Å²) in [5.74, 6) is -0.221. The van der Waals surface area contributed by atoms with Gasteiger partial charge in [-0.15, -0.1) is 0 Å². The molecule has 1 N–H and O–H groups in total. The van der Waals surface area contributed by atoms with Gasteiger partial charge in [-0.1, -0.05) is 59.6 Å². The number of hydrogen-bond acceptors (Lipinski definition) is 3. The van der Waals surface area contributed by atoms with Crippen molar-refractivity contribution in [3.8, 4) is 11.3 Å². The quantitative estimate of drug-likeness (QED) is 0.433. The molecule has 0 saturated heterocycles. The molecule has 2 aromatic heterocycles. The van der Waals surface area contributed by atoms with Gasteiger partial charge in [0.1, 0.15) is 0 Å². The van der Waals surface area contributed by atoms with Gasteiger partial charge in [0.2, 0.25) is 0 Å². The van der Waals surface area contributed by atoms with E-state index in [0.717, 1.165) is 11.1 Å². The van der Waals surface area contributed by atoms with E-state index in [0.29, 0.717) is 32.3 Å². The third-order valence-electron chi connectivity index (χ3n) is 4.68. The first-order chi connectivity index (χ1) is 14.0. The maximum atomic E-state index is 13.2. The van der Waals surface area contributed by atoms with Gasteiger partial charge in [-0.05, 0) is 42.8 Å². The summed E-state index contributed by atoms with van der Waals surface area (Å²) < 4.78 is 0. The van der Waals surface area contributed by atoms with Crippen LogP contribution < -0.4 is 5.32 Å². The van der Waals surface area contributed by atoms with E-state index in [4.69, 9.17) is 23.2 Å². The lowest BCUT2D eigenvalue weighted by Crippen LogP contribution is -2.27. The summed E-state index contributed by atoms with van der Waals surface area (Å²) in [6.07, 6.45) is 1.67. The van der Waals surface area contributed by atoms with Crippen molar-refractivity contribution in [2.75, 3.05) is 0 Å². The zero-order chi connectivity index (χ0) is 20.4. The lowest BCUT2D eigenvalue weighted by Gasteiger charge is -2.17. The van der Waals surface area contributed by atoms with Crippen LogP contribution in [0.5, 0.6) is 0 Å². The number of carbonyl (C=O) groups is 1. The number of pyridine rings is 2. The van der Waals surface area contributed by atoms with Gasteiger partial charge in [0.15, 0.2) is 5.65 Å². The summed E-state index contributed by atoms with van der Waals surface area (Å²) >= 11 is 12.3. The molecule has 4 rings (SSSR count). The molecule has 0 saturated carbocycles. The zero-order valence-electron chi connectivity index (χ0n) is 15.6. The first-order valence-electron chi connectivity index (χ1n) is 9.10. The highest BCUT2D eigenvalue weighted by Crippen LogP contribution is 2.28. The lowest BCUT2D eigenvalue weighted by molar-refractivity contribution is 0.0941. The van der Waals surface area contributed by atoms with Crippen LogP contribution in [0.2, 0.25) is 10.0 Å². The summed E-state index contributed by atoms with van der Waals surface area (Å²) in [5.41, 5.74) is 3.45. The number of aromatic nitrogens is 2. The average molecular weight is 422 g/mol. The molecule has 2 heterocycles. The summed E-state index contributed by atoms with van der Waals surface area (Å²) in [6.45, 7) is 1.88. The Labute approximate surface area is 178 Å². The molecule has 1 unspecified atom stereocenters. The smallest absolute Gasteiger partial charge is 0.252 e. The van der Waals surface area contributed by atoms with Crippen LogP contribution in [-0.4, -0.2) is 15.9 Å². The van der Waals surface area contributed by atoms with E-state index in [-0.39, 0.29) is 11.9 Å². The fourth-order valence-electron chi connectivity index (χ4n) is 3.21. The number of halogens is 2. The Kier molecular flexibility index (Phi) is 5.47. The molecule has 6 heteroatoms. The molecule has 0 radical (unpaired) electrons. The van der Waals surface area contributed by atoms with E-state index >= 15 is 0 Å². The highest BCUT2D eigenvalue weighted by molar-refractivity contribution is 6.35. The number of benzene rings is 2. The fourth-order valence-corrected chi connectivity index (χ4v) is 3.78. The van der Waals surface area contributed by atoms with Crippen molar-refractivity contribution in [1.29, 1.82) is 0 Å². The van der Waals surface area contributed by atoms with Crippen LogP contribution in [-0.2, 0) is 0 Å². The van der Waals surface area contributed by atoms with Crippen LogP contribution in [0.3, 0.4) is 0 Å². The Morgan fingerprint density at radius 3 is 2.55 bits per heavy atom. The van der Waals surface area contributed by atoms with Gasteiger partial charge >= 0.3 is 0 Å². The molecule has 1 atom stereocenters. The SMILES string of the molecule is CC(NC(=O)c1cc(-c2ccccc2)nc2ncccc12)c1ccc(Cl)cc1Cl. The number of carbonyl (C=O) groups excluding carboxylic acids is 1. The first kappa shape index (κ1) is 19.4. The van der Waals surface area contributed by atoms with E-state index in [2.05, 4.69) is 15.3 Å². The van der Waals surface area contributed by atoms with Crippen LogP contribution in [0, 0.1) is 0 Å². The topological polar surface area (TPSA) is 54.9 Å². The third kappa shape index (κ3) is 4.09.